The minimum Gasteiger partial charge on any atom is -0.495 e. The van der Waals surface area contributed by atoms with Gasteiger partial charge in [0.2, 0.25) is 0 Å². The first-order valence-corrected chi connectivity index (χ1v) is 12.4. The fraction of sp³-hybridized carbons (Fsp3) is 0.440. The van der Waals surface area contributed by atoms with Crippen LogP contribution < -0.4 is 14.4 Å². The summed E-state index contributed by atoms with van der Waals surface area (Å²) in [6, 6.07) is 9.49. The van der Waals surface area contributed by atoms with E-state index in [4.69, 9.17) is 4.74 Å². The third-order valence-corrected chi connectivity index (χ3v) is 7.54. The number of amides is 2. The van der Waals surface area contributed by atoms with Gasteiger partial charge in [-0.2, -0.15) is 0 Å². The van der Waals surface area contributed by atoms with Crippen molar-refractivity contribution in [1.82, 2.24) is 5.32 Å². The van der Waals surface area contributed by atoms with E-state index in [1.165, 1.54) is 25.3 Å². The van der Waals surface area contributed by atoms with Crippen molar-refractivity contribution in [2.75, 3.05) is 11.4 Å². The number of methoxy groups -OCH3 is 1. The summed E-state index contributed by atoms with van der Waals surface area (Å²) in [4.78, 5) is 26.0. The maximum atomic E-state index is 13.8. The van der Waals surface area contributed by atoms with Crippen LogP contribution in [0.1, 0.15) is 68.9 Å². The Morgan fingerprint density at radius 2 is 1.82 bits per heavy atom. The Bertz CT molecular complexity index is 1210. The molecule has 1 unspecified atom stereocenters. The predicted octanol–water partition coefficient (Wildman–Crippen LogP) is 4.33. The van der Waals surface area contributed by atoms with Gasteiger partial charge < -0.3 is 10.1 Å². The summed E-state index contributed by atoms with van der Waals surface area (Å²) in [6.07, 6.45) is 1.25. The highest BCUT2D eigenvalue weighted by atomic mass is 32.2. The summed E-state index contributed by atoms with van der Waals surface area (Å²) in [5.41, 5.74) is 0.886. The molecule has 8 heteroatoms. The van der Waals surface area contributed by atoms with E-state index in [1.807, 2.05) is 40.7 Å². The highest BCUT2D eigenvalue weighted by Crippen LogP contribution is 2.47. The zero-order valence-electron chi connectivity index (χ0n) is 20.3. The predicted molar refractivity (Wildman–Crippen MR) is 128 cm³/mol. The summed E-state index contributed by atoms with van der Waals surface area (Å²) < 4.78 is 33.8. The van der Waals surface area contributed by atoms with Crippen LogP contribution in [0.25, 0.3) is 0 Å². The molecule has 0 aliphatic carbocycles. The molecule has 3 rings (SSSR count). The first-order chi connectivity index (χ1) is 15.3. The van der Waals surface area contributed by atoms with Gasteiger partial charge in [0.15, 0.2) is 0 Å². The molecular formula is C25H32N2O5S. The topological polar surface area (TPSA) is 92.8 Å². The fourth-order valence-electron chi connectivity index (χ4n) is 4.23. The zero-order chi connectivity index (χ0) is 24.8. The molecule has 1 heterocycles. The number of hydrogen-bond acceptors (Lipinski definition) is 5. The molecule has 7 nitrogen and oxygen atoms in total. The summed E-state index contributed by atoms with van der Waals surface area (Å²) in [7, 11) is -2.96. The van der Waals surface area contributed by atoms with Crippen LogP contribution in [0, 0.1) is 6.92 Å². The van der Waals surface area contributed by atoms with Gasteiger partial charge in [-0.05, 0) is 70.9 Å². The lowest BCUT2D eigenvalue weighted by molar-refractivity contribution is -0.121. The monoisotopic (exact) mass is 472 g/mol. The number of aryl methyl sites for hydroxylation is 1. The lowest BCUT2D eigenvalue weighted by Gasteiger charge is -2.24. The Balaban J connectivity index is 2.13. The minimum atomic E-state index is -4.30. The van der Waals surface area contributed by atoms with E-state index in [9.17, 15) is 18.0 Å². The molecule has 1 N–H and O–H groups in total. The average molecular weight is 473 g/mol. The van der Waals surface area contributed by atoms with Gasteiger partial charge in [-0.25, -0.2) is 12.7 Å². The summed E-state index contributed by atoms with van der Waals surface area (Å²) >= 11 is 0. The number of ether oxygens (including phenoxy) is 1. The van der Waals surface area contributed by atoms with E-state index in [2.05, 4.69) is 5.32 Å². The second-order valence-electron chi connectivity index (χ2n) is 9.75. The van der Waals surface area contributed by atoms with E-state index in [1.54, 1.807) is 19.1 Å². The second-order valence-corrected chi connectivity index (χ2v) is 11.5. The number of nitrogens with zero attached hydrogens (tertiary/aromatic N) is 1. The van der Waals surface area contributed by atoms with E-state index < -0.39 is 26.9 Å². The molecule has 0 saturated carbocycles. The molecule has 0 aromatic heterocycles. The molecule has 178 valence electrons. The van der Waals surface area contributed by atoms with Crippen molar-refractivity contribution < 1.29 is 22.7 Å². The molecule has 0 fully saturated rings. The lowest BCUT2D eigenvalue weighted by atomic mass is 9.79. The largest absolute Gasteiger partial charge is 0.495 e. The first kappa shape index (κ1) is 24.8. The molecule has 2 aromatic rings. The van der Waals surface area contributed by atoms with Crippen molar-refractivity contribution in [2.45, 2.75) is 70.2 Å². The number of anilines is 1. The minimum absolute atomic E-state index is 0.00196. The molecule has 0 spiro atoms. The van der Waals surface area contributed by atoms with Crippen LogP contribution in [0.3, 0.4) is 0 Å². The number of carbonyl (C=O) groups is 2. The van der Waals surface area contributed by atoms with Gasteiger partial charge in [-0.3, -0.25) is 9.59 Å². The van der Waals surface area contributed by atoms with Gasteiger partial charge in [-0.1, -0.05) is 31.0 Å². The van der Waals surface area contributed by atoms with Crippen LogP contribution >= 0.6 is 0 Å². The first-order valence-electron chi connectivity index (χ1n) is 11.0. The van der Waals surface area contributed by atoms with Gasteiger partial charge in [0, 0.05) is 11.1 Å². The van der Waals surface area contributed by atoms with Crippen LogP contribution in [0.15, 0.2) is 41.3 Å². The van der Waals surface area contributed by atoms with Crippen LogP contribution in [0.2, 0.25) is 0 Å². The third kappa shape index (κ3) is 4.36. The van der Waals surface area contributed by atoms with E-state index in [0.29, 0.717) is 17.7 Å². The maximum absolute atomic E-state index is 13.8. The molecule has 2 amide bonds. The Kier molecular flexibility index (Phi) is 6.37. The number of benzene rings is 2. The lowest BCUT2D eigenvalue weighted by Crippen LogP contribution is -2.42. The Labute approximate surface area is 196 Å². The molecule has 1 aliphatic rings. The van der Waals surface area contributed by atoms with Crippen LogP contribution in [0.5, 0.6) is 5.75 Å². The molecule has 0 bridgehead atoms. The van der Waals surface area contributed by atoms with Crippen molar-refractivity contribution in [1.29, 1.82) is 0 Å². The van der Waals surface area contributed by atoms with Crippen molar-refractivity contribution in [3.05, 3.63) is 53.1 Å². The maximum Gasteiger partial charge on any atom is 0.274 e. The highest BCUT2D eigenvalue weighted by molar-refractivity contribution is 7.93. The van der Waals surface area contributed by atoms with E-state index in [-0.39, 0.29) is 22.1 Å². The van der Waals surface area contributed by atoms with Gasteiger partial charge in [0.25, 0.3) is 21.8 Å². The van der Waals surface area contributed by atoms with Crippen LogP contribution in [0.4, 0.5) is 5.69 Å². The summed E-state index contributed by atoms with van der Waals surface area (Å²) in [5.74, 6) is -0.831. The molecule has 1 aliphatic heterocycles. The molecular weight excluding hydrogens is 440 g/mol. The zero-order valence-corrected chi connectivity index (χ0v) is 21.1. The SMILES string of the molecule is CCCC1(C)C(=O)N(S(=O)(=O)c2ccc(C(=O)NC(C)(C)C)cc2OC)c2ccc(C)cc21. The van der Waals surface area contributed by atoms with Crippen LogP contribution in [-0.4, -0.2) is 32.9 Å². The number of hydrogen-bond donors (Lipinski definition) is 1. The number of carbonyl (C=O) groups excluding carboxylic acids is 2. The van der Waals surface area contributed by atoms with E-state index >= 15 is 0 Å². The smallest absolute Gasteiger partial charge is 0.274 e. The second kappa shape index (κ2) is 8.48. The van der Waals surface area contributed by atoms with Gasteiger partial charge >= 0.3 is 0 Å². The Morgan fingerprint density at radius 1 is 1.15 bits per heavy atom. The molecule has 0 saturated heterocycles. The number of fused-ring (bicyclic) bond motifs is 1. The van der Waals surface area contributed by atoms with Crippen molar-refractivity contribution >= 4 is 27.5 Å². The van der Waals surface area contributed by atoms with Crippen molar-refractivity contribution in [3.8, 4) is 5.75 Å². The van der Waals surface area contributed by atoms with E-state index in [0.717, 1.165) is 16.3 Å². The Hall–Kier alpha value is -2.87. The normalized spacial score (nSPS) is 18.3. The molecule has 0 radical (unpaired) electrons. The van der Waals surface area contributed by atoms with Crippen molar-refractivity contribution in [3.63, 3.8) is 0 Å². The van der Waals surface area contributed by atoms with Gasteiger partial charge in [0.05, 0.1) is 18.2 Å². The molecule has 2 aromatic carbocycles. The quantitative estimate of drug-likeness (QED) is 0.676. The van der Waals surface area contributed by atoms with Crippen LogP contribution in [-0.2, 0) is 20.2 Å². The Morgan fingerprint density at radius 3 is 2.39 bits per heavy atom. The fourth-order valence-corrected chi connectivity index (χ4v) is 5.90. The van der Waals surface area contributed by atoms with Gasteiger partial charge in [-0.15, -0.1) is 0 Å². The summed E-state index contributed by atoms with van der Waals surface area (Å²) in [6.45, 7) is 11.2. The molecule has 33 heavy (non-hydrogen) atoms. The summed E-state index contributed by atoms with van der Waals surface area (Å²) in [5, 5.41) is 2.84. The van der Waals surface area contributed by atoms with Gasteiger partial charge in [0.1, 0.15) is 10.6 Å². The average Bonchev–Trinajstić information content (AvgIpc) is 2.94. The number of sulfonamides is 1. The van der Waals surface area contributed by atoms with Crippen molar-refractivity contribution in [2.24, 2.45) is 0 Å². The third-order valence-electron chi connectivity index (χ3n) is 5.80. The number of rotatable bonds is 6. The highest BCUT2D eigenvalue weighted by Gasteiger charge is 2.52. The standard InChI is InChI=1S/C25H32N2O5S/c1-8-13-25(6)18-14-16(2)9-11-19(18)27(23(25)29)33(30,31)21-12-10-17(15-20(21)32-7)22(28)26-24(3,4)5/h9-12,14-15H,8,13H2,1-7H3,(H,26,28). The number of nitrogens with one attached hydrogen (secondary N) is 1. The molecule has 1 atom stereocenters.